The molecule has 4 rings (SSSR count). The molecule has 2 heterocycles. The number of ether oxygens (including phenoxy) is 1. The lowest BCUT2D eigenvalue weighted by atomic mass is 10.2. The molecule has 1 fully saturated rings. The van der Waals surface area contributed by atoms with Gasteiger partial charge in [-0.25, -0.2) is 4.39 Å². The Balaban J connectivity index is 1.49. The molecule has 0 bridgehead atoms. The highest BCUT2D eigenvalue weighted by Crippen LogP contribution is 2.24. The average molecular weight is 367 g/mol. The van der Waals surface area contributed by atoms with Crippen molar-refractivity contribution in [2.24, 2.45) is 7.05 Å². The molecule has 0 aliphatic carbocycles. The summed E-state index contributed by atoms with van der Waals surface area (Å²) in [5.41, 5.74) is 2.54. The summed E-state index contributed by atoms with van der Waals surface area (Å²) in [4.78, 5) is 17.1. The van der Waals surface area contributed by atoms with Gasteiger partial charge in [-0.05, 0) is 36.4 Å². The first kappa shape index (κ1) is 17.4. The number of nitrogens with zero attached hydrogens (tertiary/aromatic N) is 3. The molecule has 1 saturated heterocycles. The second kappa shape index (κ2) is 6.95. The number of aryl methyl sites for hydroxylation is 1. The Bertz CT molecular complexity index is 990. The fourth-order valence-corrected chi connectivity index (χ4v) is 3.66. The van der Waals surface area contributed by atoms with Crippen LogP contribution in [0.4, 0.5) is 10.1 Å². The Kier molecular flexibility index (Phi) is 4.48. The minimum atomic E-state index is -0.293. The van der Waals surface area contributed by atoms with E-state index in [4.69, 9.17) is 4.74 Å². The van der Waals surface area contributed by atoms with Gasteiger partial charge in [0, 0.05) is 55.9 Å². The van der Waals surface area contributed by atoms with Crippen LogP contribution in [0.3, 0.4) is 0 Å². The van der Waals surface area contributed by atoms with E-state index in [-0.39, 0.29) is 11.7 Å². The number of halogens is 1. The van der Waals surface area contributed by atoms with Crippen LogP contribution < -0.4 is 9.64 Å². The largest absolute Gasteiger partial charge is 0.497 e. The summed E-state index contributed by atoms with van der Waals surface area (Å²) in [6, 6.07) is 14.3. The van der Waals surface area contributed by atoms with E-state index in [0.29, 0.717) is 18.8 Å². The summed E-state index contributed by atoms with van der Waals surface area (Å²) < 4.78 is 20.6. The highest BCUT2D eigenvalue weighted by Gasteiger charge is 2.25. The number of aromatic nitrogens is 1. The maximum absolute atomic E-state index is 13.5. The zero-order valence-corrected chi connectivity index (χ0v) is 15.5. The lowest BCUT2D eigenvalue weighted by molar-refractivity contribution is 0.0737. The van der Waals surface area contributed by atoms with Crippen molar-refractivity contribution in [2.45, 2.75) is 0 Å². The molecule has 2 aromatic carbocycles. The van der Waals surface area contributed by atoms with Gasteiger partial charge in [0.2, 0.25) is 0 Å². The molecule has 0 unspecified atom stereocenters. The van der Waals surface area contributed by atoms with E-state index in [2.05, 4.69) is 11.0 Å². The molecule has 5 nitrogen and oxygen atoms in total. The van der Waals surface area contributed by atoms with Crippen molar-refractivity contribution >= 4 is 22.5 Å². The summed E-state index contributed by atoms with van der Waals surface area (Å²) in [5.74, 6) is 0.521. The number of anilines is 1. The van der Waals surface area contributed by atoms with Crippen LogP contribution in [0, 0.1) is 5.82 Å². The second-order valence-electron chi connectivity index (χ2n) is 6.77. The van der Waals surface area contributed by atoms with Crippen LogP contribution in [-0.2, 0) is 7.05 Å². The Hall–Kier alpha value is -3.02. The first-order chi connectivity index (χ1) is 13.1. The molecule has 0 N–H and O–H groups in total. The standard InChI is InChI=1S/C21H22FN3O2/c1-23-19-7-6-16(22)12-15(19)13-20(23)21(26)25-10-8-24(9-11-25)17-4-3-5-18(14-17)27-2/h3-7,12-14H,8-11H2,1-2H3. The molecule has 1 aromatic heterocycles. The van der Waals surface area contributed by atoms with Crippen LogP contribution >= 0.6 is 0 Å². The number of piperazine rings is 1. The molecule has 1 amide bonds. The SMILES string of the molecule is COc1cccc(N2CCN(C(=O)c3cc4cc(F)ccc4n3C)CC2)c1. The number of methoxy groups -OCH3 is 1. The van der Waals surface area contributed by atoms with Gasteiger partial charge in [-0.15, -0.1) is 0 Å². The smallest absolute Gasteiger partial charge is 0.270 e. The fraction of sp³-hybridized carbons (Fsp3) is 0.286. The lowest BCUT2D eigenvalue weighted by Crippen LogP contribution is -2.49. The van der Waals surface area contributed by atoms with Gasteiger partial charge in [0.15, 0.2) is 0 Å². The molecule has 1 aliphatic rings. The van der Waals surface area contributed by atoms with E-state index in [9.17, 15) is 9.18 Å². The molecule has 0 radical (unpaired) electrons. The zero-order chi connectivity index (χ0) is 19.0. The normalized spacial score (nSPS) is 14.6. The first-order valence-corrected chi connectivity index (χ1v) is 9.00. The quantitative estimate of drug-likeness (QED) is 0.713. The van der Waals surface area contributed by atoms with Crippen LogP contribution in [0.2, 0.25) is 0 Å². The van der Waals surface area contributed by atoms with Crippen molar-refractivity contribution in [1.82, 2.24) is 9.47 Å². The zero-order valence-electron chi connectivity index (χ0n) is 15.5. The molecule has 1 aliphatic heterocycles. The van der Waals surface area contributed by atoms with E-state index >= 15 is 0 Å². The van der Waals surface area contributed by atoms with Crippen LogP contribution in [0.5, 0.6) is 5.75 Å². The molecule has 140 valence electrons. The van der Waals surface area contributed by atoms with Crippen molar-refractivity contribution in [3.63, 3.8) is 0 Å². The summed E-state index contributed by atoms with van der Waals surface area (Å²) >= 11 is 0. The Labute approximate surface area is 157 Å². The maximum Gasteiger partial charge on any atom is 0.270 e. The number of amides is 1. The van der Waals surface area contributed by atoms with Crippen molar-refractivity contribution < 1.29 is 13.9 Å². The van der Waals surface area contributed by atoms with Gasteiger partial charge in [-0.2, -0.15) is 0 Å². The topological polar surface area (TPSA) is 37.7 Å². The van der Waals surface area contributed by atoms with Crippen LogP contribution in [0.25, 0.3) is 10.9 Å². The van der Waals surface area contributed by atoms with E-state index in [1.807, 2.05) is 34.7 Å². The summed E-state index contributed by atoms with van der Waals surface area (Å²) in [6.07, 6.45) is 0. The lowest BCUT2D eigenvalue weighted by Gasteiger charge is -2.36. The number of benzene rings is 2. The number of fused-ring (bicyclic) bond motifs is 1. The predicted octanol–water partition coefficient (Wildman–Crippen LogP) is 3.29. The Morgan fingerprint density at radius 1 is 1.04 bits per heavy atom. The van der Waals surface area contributed by atoms with E-state index in [1.165, 1.54) is 12.1 Å². The third kappa shape index (κ3) is 3.23. The van der Waals surface area contributed by atoms with Gasteiger partial charge >= 0.3 is 0 Å². The molecule has 27 heavy (non-hydrogen) atoms. The third-order valence-corrected chi connectivity index (χ3v) is 5.21. The molecule has 3 aromatic rings. The molecule has 6 heteroatoms. The number of hydrogen-bond donors (Lipinski definition) is 0. The molecular weight excluding hydrogens is 345 g/mol. The van der Waals surface area contributed by atoms with Crippen molar-refractivity contribution in [1.29, 1.82) is 0 Å². The van der Waals surface area contributed by atoms with Crippen molar-refractivity contribution in [3.05, 3.63) is 60.0 Å². The average Bonchev–Trinajstić information content (AvgIpc) is 3.03. The van der Waals surface area contributed by atoms with Gasteiger partial charge in [-0.3, -0.25) is 4.79 Å². The van der Waals surface area contributed by atoms with Crippen molar-refractivity contribution in [2.75, 3.05) is 38.2 Å². The van der Waals surface area contributed by atoms with Gasteiger partial charge < -0.3 is 19.1 Å². The third-order valence-electron chi connectivity index (χ3n) is 5.21. The van der Waals surface area contributed by atoms with Gasteiger partial charge in [0.1, 0.15) is 17.3 Å². The minimum Gasteiger partial charge on any atom is -0.497 e. The number of carbonyl (C=O) groups excluding carboxylic acids is 1. The molecule has 0 saturated carbocycles. The minimum absolute atomic E-state index is 0.0144. The highest BCUT2D eigenvalue weighted by atomic mass is 19.1. The van der Waals surface area contributed by atoms with Crippen LogP contribution in [0.15, 0.2) is 48.5 Å². The molecule has 0 spiro atoms. The second-order valence-corrected chi connectivity index (χ2v) is 6.77. The molecule has 0 atom stereocenters. The summed E-state index contributed by atoms with van der Waals surface area (Å²) in [5, 5.41) is 0.746. The van der Waals surface area contributed by atoms with Crippen molar-refractivity contribution in [3.8, 4) is 5.75 Å². The van der Waals surface area contributed by atoms with Gasteiger partial charge in [-0.1, -0.05) is 6.07 Å². The Morgan fingerprint density at radius 2 is 1.81 bits per heavy atom. The fourth-order valence-electron chi connectivity index (χ4n) is 3.66. The monoisotopic (exact) mass is 367 g/mol. The summed E-state index contributed by atoms with van der Waals surface area (Å²) in [6.45, 7) is 2.81. The number of hydrogen-bond acceptors (Lipinski definition) is 3. The first-order valence-electron chi connectivity index (χ1n) is 9.00. The van der Waals surface area contributed by atoms with E-state index < -0.39 is 0 Å². The number of carbonyl (C=O) groups is 1. The maximum atomic E-state index is 13.5. The highest BCUT2D eigenvalue weighted by molar-refractivity contribution is 5.98. The van der Waals surface area contributed by atoms with Crippen LogP contribution in [0.1, 0.15) is 10.5 Å². The van der Waals surface area contributed by atoms with Crippen LogP contribution in [-0.4, -0.2) is 48.7 Å². The molecular formula is C21H22FN3O2. The van der Waals surface area contributed by atoms with Gasteiger partial charge in [0.25, 0.3) is 5.91 Å². The summed E-state index contributed by atoms with van der Waals surface area (Å²) in [7, 11) is 3.51. The van der Waals surface area contributed by atoms with E-state index in [0.717, 1.165) is 35.4 Å². The Morgan fingerprint density at radius 3 is 2.56 bits per heavy atom. The number of rotatable bonds is 3. The van der Waals surface area contributed by atoms with Gasteiger partial charge in [0.05, 0.1) is 7.11 Å². The van der Waals surface area contributed by atoms with E-state index in [1.54, 1.807) is 19.2 Å². The predicted molar refractivity (Wildman–Crippen MR) is 104 cm³/mol.